The molecule has 29 heavy (non-hydrogen) atoms. The number of aromatic nitrogens is 1. The fourth-order valence-electron chi connectivity index (χ4n) is 3.86. The Balaban J connectivity index is 1.62. The molecular formula is C22H26N4O2S. The molecule has 2 aliphatic heterocycles. The number of likely N-dealkylation sites (N-methyl/N-ethyl adjacent to an activating group) is 1. The van der Waals surface area contributed by atoms with Gasteiger partial charge in [-0.1, -0.05) is 0 Å². The second-order valence-corrected chi connectivity index (χ2v) is 8.27. The Hall–Kier alpha value is -2.51. The molecule has 4 rings (SSSR count). The van der Waals surface area contributed by atoms with E-state index in [-0.39, 0.29) is 5.91 Å². The summed E-state index contributed by atoms with van der Waals surface area (Å²) in [6.45, 7) is 7.62. The van der Waals surface area contributed by atoms with Crippen molar-refractivity contribution in [3.05, 3.63) is 52.2 Å². The van der Waals surface area contributed by atoms with Gasteiger partial charge in [0.2, 0.25) is 0 Å². The fourth-order valence-corrected chi connectivity index (χ4v) is 4.77. The number of nitrogens with zero attached hydrogens (tertiary/aromatic N) is 4. The Morgan fingerprint density at radius 1 is 1.10 bits per heavy atom. The van der Waals surface area contributed by atoms with Gasteiger partial charge in [0, 0.05) is 49.9 Å². The molecule has 1 aromatic carbocycles. The number of aryl methyl sites for hydroxylation is 1. The highest BCUT2D eigenvalue weighted by Gasteiger charge is 2.30. The number of rotatable bonds is 3. The van der Waals surface area contributed by atoms with Gasteiger partial charge in [-0.05, 0) is 67.6 Å². The molecule has 2 fully saturated rings. The third kappa shape index (κ3) is 3.72. The predicted octanol–water partition coefficient (Wildman–Crippen LogP) is 3.46. The zero-order valence-corrected chi connectivity index (χ0v) is 18.1. The lowest BCUT2D eigenvalue weighted by Gasteiger charge is -2.29. The van der Waals surface area contributed by atoms with Crippen molar-refractivity contribution >= 4 is 34.6 Å². The average Bonchev–Trinajstić information content (AvgIpc) is 3.18. The quantitative estimate of drug-likeness (QED) is 0.727. The van der Waals surface area contributed by atoms with E-state index in [0.29, 0.717) is 4.91 Å². The van der Waals surface area contributed by atoms with Crippen LogP contribution in [-0.2, 0) is 9.53 Å². The second-order valence-electron chi connectivity index (χ2n) is 7.26. The number of hydrogen-bond donors (Lipinski definition) is 0. The number of thioether (sulfide) groups is 1. The molecule has 152 valence electrons. The van der Waals surface area contributed by atoms with Gasteiger partial charge < -0.3 is 14.2 Å². The molecule has 2 aromatic rings. The molecule has 1 amide bonds. The van der Waals surface area contributed by atoms with E-state index in [2.05, 4.69) is 58.6 Å². The number of ether oxygens (including phenoxy) is 1. The van der Waals surface area contributed by atoms with Crippen LogP contribution in [0.2, 0.25) is 0 Å². The summed E-state index contributed by atoms with van der Waals surface area (Å²) in [7, 11) is 3.47. The number of carbonyl (C=O) groups excluding carboxylic acids is 1. The number of anilines is 1. The van der Waals surface area contributed by atoms with E-state index >= 15 is 0 Å². The van der Waals surface area contributed by atoms with Gasteiger partial charge in [-0.2, -0.15) is 0 Å². The molecule has 1 aromatic heterocycles. The SMILES string of the molecule is CN=C1SC(=Cc2cc(C)n(-c3ccc(N4CCOCC4)cc3)c2C)C(=O)N1C. The predicted molar refractivity (Wildman–Crippen MR) is 120 cm³/mol. The minimum atomic E-state index is -0.00438. The highest BCUT2D eigenvalue weighted by Crippen LogP contribution is 2.33. The number of amides is 1. The van der Waals surface area contributed by atoms with Crippen LogP contribution in [-0.4, -0.2) is 60.9 Å². The topological polar surface area (TPSA) is 50.1 Å². The standard InChI is InChI=1S/C22H26N4O2S/c1-15-13-17(14-20-21(27)24(4)22(23-3)29-20)16(2)26(15)19-7-5-18(6-8-19)25-9-11-28-12-10-25/h5-8,13-14H,9-12H2,1-4H3. The Bertz CT molecular complexity index is 985. The van der Waals surface area contributed by atoms with Crippen LogP contribution < -0.4 is 4.90 Å². The van der Waals surface area contributed by atoms with Gasteiger partial charge in [0.25, 0.3) is 5.91 Å². The van der Waals surface area contributed by atoms with Crippen LogP contribution in [0.15, 0.2) is 40.2 Å². The Kier molecular flexibility index (Phi) is 5.52. The summed E-state index contributed by atoms with van der Waals surface area (Å²) < 4.78 is 7.68. The number of benzene rings is 1. The van der Waals surface area contributed by atoms with E-state index in [1.807, 2.05) is 6.08 Å². The van der Waals surface area contributed by atoms with E-state index in [1.54, 1.807) is 19.0 Å². The summed E-state index contributed by atoms with van der Waals surface area (Å²) in [6.07, 6.45) is 1.97. The second kappa shape index (κ2) is 8.08. The summed E-state index contributed by atoms with van der Waals surface area (Å²) in [5, 5.41) is 0.730. The molecule has 0 radical (unpaired) electrons. The van der Waals surface area contributed by atoms with Gasteiger partial charge in [0.15, 0.2) is 5.17 Å². The van der Waals surface area contributed by atoms with Crippen molar-refractivity contribution in [2.45, 2.75) is 13.8 Å². The minimum Gasteiger partial charge on any atom is -0.378 e. The largest absolute Gasteiger partial charge is 0.378 e. The smallest absolute Gasteiger partial charge is 0.266 e. The van der Waals surface area contributed by atoms with E-state index in [0.717, 1.165) is 54.1 Å². The number of amidine groups is 1. The third-order valence-corrected chi connectivity index (χ3v) is 6.59. The van der Waals surface area contributed by atoms with Crippen molar-refractivity contribution in [1.82, 2.24) is 9.47 Å². The monoisotopic (exact) mass is 410 g/mol. The number of aliphatic imine (C=N–C) groups is 1. The van der Waals surface area contributed by atoms with Gasteiger partial charge in [-0.25, -0.2) is 0 Å². The maximum absolute atomic E-state index is 12.5. The van der Waals surface area contributed by atoms with Crippen molar-refractivity contribution in [2.75, 3.05) is 45.3 Å². The normalized spacial score (nSPS) is 20.3. The first-order valence-corrected chi connectivity index (χ1v) is 10.6. The molecule has 0 N–H and O–H groups in total. The summed E-state index contributed by atoms with van der Waals surface area (Å²) in [4.78, 5) is 21.3. The first kappa shape index (κ1) is 19.8. The minimum absolute atomic E-state index is 0.00438. The highest BCUT2D eigenvalue weighted by molar-refractivity contribution is 8.18. The lowest BCUT2D eigenvalue weighted by Crippen LogP contribution is -2.36. The van der Waals surface area contributed by atoms with Crippen LogP contribution in [0, 0.1) is 13.8 Å². The fraction of sp³-hybridized carbons (Fsp3) is 0.364. The van der Waals surface area contributed by atoms with E-state index in [9.17, 15) is 4.79 Å². The maximum atomic E-state index is 12.5. The molecule has 2 aliphatic rings. The molecule has 6 nitrogen and oxygen atoms in total. The molecule has 3 heterocycles. The summed E-state index contributed by atoms with van der Waals surface area (Å²) in [5.41, 5.74) is 5.67. The first-order chi connectivity index (χ1) is 14.0. The number of hydrogen-bond acceptors (Lipinski definition) is 5. The van der Waals surface area contributed by atoms with E-state index < -0.39 is 0 Å². The lowest BCUT2D eigenvalue weighted by atomic mass is 10.2. The maximum Gasteiger partial charge on any atom is 0.266 e. The molecule has 7 heteroatoms. The van der Waals surface area contributed by atoms with Crippen molar-refractivity contribution < 1.29 is 9.53 Å². The van der Waals surface area contributed by atoms with E-state index in [1.165, 1.54) is 17.4 Å². The van der Waals surface area contributed by atoms with Gasteiger partial charge in [-0.3, -0.25) is 14.7 Å². The summed E-state index contributed by atoms with van der Waals surface area (Å²) >= 11 is 1.42. The third-order valence-electron chi connectivity index (χ3n) is 5.44. The van der Waals surface area contributed by atoms with Crippen LogP contribution >= 0.6 is 11.8 Å². The molecule has 0 atom stereocenters. The van der Waals surface area contributed by atoms with E-state index in [4.69, 9.17) is 4.74 Å². The van der Waals surface area contributed by atoms with Gasteiger partial charge in [0.05, 0.1) is 18.1 Å². The lowest BCUT2D eigenvalue weighted by molar-refractivity contribution is -0.121. The molecule has 0 spiro atoms. The average molecular weight is 411 g/mol. The molecule has 0 unspecified atom stereocenters. The zero-order chi connectivity index (χ0) is 20.5. The first-order valence-electron chi connectivity index (χ1n) is 9.76. The number of carbonyl (C=O) groups is 1. The van der Waals surface area contributed by atoms with Crippen molar-refractivity contribution in [3.8, 4) is 5.69 Å². The van der Waals surface area contributed by atoms with Gasteiger partial charge >= 0.3 is 0 Å². The van der Waals surface area contributed by atoms with Crippen LogP contribution in [0.4, 0.5) is 5.69 Å². The molecule has 0 aliphatic carbocycles. The van der Waals surface area contributed by atoms with Crippen molar-refractivity contribution in [1.29, 1.82) is 0 Å². The van der Waals surface area contributed by atoms with Crippen LogP contribution in [0.3, 0.4) is 0 Å². The highest BCUT2D eigenvalue weighted by atomic mass is 32.2. The Morgan fingerprint density at radius 3 is 2.38 bits per heavy atom. The molecule has 0 bridgehead atoms. The number of morpholine rings is 1. The molecule has 2 saturated heterocycles. The van der Waals surface area contributed by atoms with Gasteiger partial charge in [0.1, 0.15) is 0 Å². The molecule has 0 saturated carbocycles. The summed E-state index contributed by atoms with van der Waals surface area (Å²) in [6, 6.07) is 10.8. The zero-order valence-electron chi connectivity index (χ0n) is 17.3. The van der Waals surface area contributed by atoms with Crippen LogP contribution in [0.1, 0.15) is 17.0 Å². The summed E-state index contributed by atoms with van der Waals surface area (Å²) in [5.74, 6) is -0.00438. The van der Waals surface area contributed by atoms with Gasteiger partial charge in [-0.15, -0.1) is 0 Å². The van der Waals surface area contributed by atoms with Crippen molar-refractivity contribution in [2.24, 2.45) is 4.99 Å². The van der Waals surface area contributed by atoms with Crippen LogP contribution in [0.25, 0.3) is 11.8 Å². The Labute approximate surface area is 175 Å². The Morgan fingerprint density at radius 2 is 1.76 bits per heavy atom. The molecular weight excluding hydrogens is 384 g/mol. The van der Waals surface area contributed by atoms with Crippen LogP contribution in [0.5, 0.6) is 0 Å². The van der Waals surface area contributed by atoms with Crippen molar-refractivity contribution in [3.63, 3.8) is 0 Å².